The highest BCUT2D eigenvalue weighted by Crippen LogP contribution is 2.30. The fourth-order valence-corrected chi connectivity index (χ4v) is 2.83. The van der Waals surface area contributed by atoms with Gasteiger partial charge in [-0.05, 0) is 43.2 Å². The van der Waals surface area contributed by atoms with Gasteiger partial charge in [-0.1, -0.05) is 36.4 Å². The Hall–Kier alpha value is -3.07. The fraction of sp³-hybridized carbons (Fsp3) is 0.0952. The molecular weight excluding hydrogens is 298 g/mol. The van der Waals surface area contributed by atoms with Crippen LogP contribution in [0.15, 0.2) is 71.3 Å². The van der Waals surface area contributed by atoms with E-state index in [2.05, 4.69) is 24.9 Å². The molecular formula is C21H17NO2. The molecule has 0 unspecified atom stereocenters. The molecule has 4 aromatic rings. The van der Waals surface area contributed by atoms with E-state index in [-0.39, 0.29) is 0 Å². The average molecular weight is 315 g/mol. The lowest BCUT2D eigenvalue weighted by atomic mass is 10.1. The Labute approximate surface area is 140 Å². The molecule has 0 N–H and O–H groups in total. The fourth-order valence-electron chi connectivity index (χ4n) is 2.83. The van der Waals surface area contributed by atoms with Crippen molar-refractivity contribution >= 4 is 11.0 Å². The minimum absolute atomic E-state index is 0.529. The molecule has 0 aliphatic rings. The molecule has 0 atom stereocenters. The van der Waals surface area contributed by atoms with E-state index in [1.165, 1.54) is 0 Å². The molecule has 0 spiro atoms. The summed E-state index contributed by atoms with van der Waals surface area (Å²) in [7, 11) is 0. The highest BCUT2D eigenvalue weighted by atomic mass is 16.5. The number of furan rings is 1. The van der Waals surface area contributed by atoms with Crippen molar-refractivity contribution in [3.63, 3.8) is 0 Å². The topological polar surface area (TPSA) is 35.3 Å². The Bertz CT molecular complexity index is 983. The van der Waals surface area contributed by atoms with Gasteiger partial charge < -0.3 is 9.15 Å². The van der Waals surface area contributed by atoms with Crippen LogP contribution in [0.1, 0.15) is 11.1 Å². The minimum atomic E-state index is 0.529. The predicted molar refractivity (Wildman–Crippen MR) is 95.4 cm³/mol. The quantitative estimate of drug-likeness (QED) is 0.472. The number of ether oxygens (including phenoxy) is 1. The summed E-state index contributed by atoms with van der Waals surface area (Å²) in [6.07, 6.45) is 1.78. The molecule has 0 saturated heterocycles. The minimum Gasteiger partial charge on any atom is -0.456 e. The van der Waals surface area contributed by atoms with E-state index in [4.69, 9.17) is 9.15 Å². The summed E-state index contributed by atoms with van der Waals surface area (Å²) in [6, 6.07) is 20.0. The average Bonchev–Trinajstić information content (AvgIpc) is 2.98. The first kappa shape index (κ1) is 14.5. The zero-order valence-electron chi connectivity index (χ0n) is 13.6. The third kappa shape index (κ3) is 2.88. The number of hydrogen-bond donors (Lipinski definition) is 0. The van der Waals surface area contributed by atoms with Crippen LogP contribution in [0.4, 0.5) is 0 Å². The molecule has 0 amide bonds. The first-order chi connectivity index (χ1) is 11.7. The van der Waals surface area contributed by atoms with Crippen molar-refractivity contribution in [3.05, 3.63) is 78.0 Å². The Morgan fingerprint density at radius 1 is 0.875 bits per heavy atom. The summed E-state index contributed by atoms with van der Waals surface area (Å²) < 4.78 is 11.9. The van der Waals surface area contributed by atoms with Gasteiger partial charge in [0.05, 0.1) is 0 Å². The predicted octanol–water partition coefficient (Wildman–Crippen LogP) is 5.90. The van der Waals surface area contributed by atoms with Gasteiger partial charge in [-0.25, -0.2) is 4.98 Å². The Balaban J connectivity index is 1.68. The molecule has 118 valence electrons. The van der Waals surface area contributed by atoms with Crippen LogP contribution in [-0.4, -0.2) is 4.98 Å². The van der Waals surface area contributed by atoms with Crippen molar-refractivity contribution in [2.24, 2.45) is 0 Å². The number of nitrogens with zero attached hydrogens (tertiary/aromatic N) is 1. The number of hydrogen-bond acceptors (Lipinski definition) is 3. The van der Waals surface area contributed by atoms with Gasteiger partial charge in [0.2, 0.25) is 5.88 Å². The number of aromatic nitrogens is 1. The van der Waals surface area contributed by atoms with Gasteiger partial charge >= 0.3 is 0 Å². The van der Waals surface area contributed by atoms with Gasteiger partial charge in [0, 0.05) is 23.2 Å². The van der Waals surface area contributed by atoms with E-state index in [0.29, 0.717) is 5.88 Å². The lowest BCUT2D eigenvalue weighted by Crippen LogP contribution is -1.89. The summed E-state index contributed by atoms with van der Waals surface area (Å²) >= 11 is 0. The molecule has 0 saturated carbocycles. The van der Waals surface area contributed by atoms with Crippen molar-refractivity contribution < 1.29 is 9.15 Å². The summed E-state index contributed by atoms with van der Waals surface area (Å²) in [4.78, 5) is 4.39. The van der Waals surface area contributed by atoms with E-state index < -0.39 is 0 Å². The van der Waals surface area contributed by atoms with Crippen LogP contribution in [0, 0.1) is 13.8 Å². The Kier molecular flexibility index (Phi) is 3.54. The lowest BCUT2D eigenvalue weighted by molar-refractivity contribution is 0.462. The standard InChI is InChI=1S/C21H17NO2/c1-14-8-15(2)10-18(9-14)23-21-12-20-17(13-22-21)11-19(24-20)16-6-4-3-5-7-16/h3-13H,1-2H3. The van der Waals surface area contributed by atoms with Crippen LogP contribution in [0.5, 0.6) is 11.6 Å². The highest BCUT2D eigenvalue weighted by Gasteiger charge is 2.09. The molecule has 0 aliphatic carbocycles. The third-order valence-corrected chi connectivity index (χ3v) is 3.85. The van der Waals surface area contributed by atoms with E-state index in [9.17, 15) is 0 Å². The molecule has 4 rings (SSSR count). The van der Waals surface area contributed by atoms with E-state index in [1.807, 2.05) is 54.6 Å². The molecule has 0 radical (unpaired) electrons. The summed E-state index contributed by atoms with van der Waals surface area (Å²) in [6.45, 7) is 4.10. The van der Waals surface area contributed by atoms with Crippen molar-refractivity contribution in [2.75, 3.05) is 0 Å². The second-order valence-electron chi connectivity index (χ2n) is 5.96. The third-order valence-electron chi connectivity index (χ3n) is 3.85. The Morgan fingerprint density at radius 2 is 1.62 bits per heavy atom. The first-order valence-corrected chi connectivity index (χ1v) is 7.88. The smallest absolute Gasteiger partial charge is 0.222 e. The SMILES string of the molecule is Cc1cc(C)cc(Oc2cc3oc(-c4ccccc4)cc3cn2)c1. The summed E-state index contributed by atoms with van der Waals surface area (Å²) in [5.74, 6) is 2.15. The molecule has 0 aliphatic heterocycles. The number of benzene rings is 2. The van der Waals surface area contributed by atoms with Gasteiger partial charge in [-0.3, -0.25) is 0 Å². The molecule has 2 aromatic heterocycles. The zero-order chi connectivity index (χ0) is 16.5. The van der Waals surface area contributed by atoms with Crippen LogP contribution in [-0.2, 0) is 0 Å². The van der Waals surface area contributed by atoms with Crippen LogP contribution >= 0.6 is 0 Å². The Morgan fingerprint density at radius 3 is 2.38 bits per heavy atom. The second kappa shape index (κ2) is 5.85. The molecule has 3 heteroatoms. The molecule has 24 heavy (non-hydrogen) atoms. The van der Waals surface area contributed by atoms with Crippen molar-refractivity contribution in [1.82, 2.24) is 4.98 Å². The van der Waals surface area contributed by atoms with Crippen molar-refractivity contribution in [3.8, 4) is 23.0 Å². The van der Waals surface area contributed by atoms with Crippen LogP contribution in [0.25, 0.3) is 22.3 Å². The monoisotopic (exact) mass is 315 g/mol. The molecule has 2 heterocycles. The number of aryl methyl sites for hydroxylation is 2. The molecule has 0 fully saturated rings. The molecule has 2 aromatic carbocycles. The summed E-state index contributed by atoms with van der Waals surface area (Å²) in [5.41, 5.74) is 4.14. The number of rotatable bonds is 3. The van der Waals surface area contributed by atoms with Gasteiger partial charge in [-0.15, -0.1) is 0 Å². The number of fused-ring (bicyclic) bond motifs is 1. The van der Waals surface area contributed by atoms with Gasteiger partial charge in [0.25, 0.3) is 0 Å². The van der Waals surface area contributed by atoms with E-state index in [1.54, 1.807) is 6.20 Å². The van der Waals surface area contributed by atoms with Crippen LogP contribution < -0.4 is 4.74 Å². The van der Waals surface area contributed by atoms with Crippen LogP contribution in [0.3, 0.4) is 0 Å². The van der Waals surface area contributed by atoms with Gasteiger partial charge in [-0.2, -0.15) is 0 Å². The van der Waals surface area contributed by atoms with Gasteiger partial charge in [0.15, 0.2) is 0 Å². The van der Waals surface area contributed by atoms with Gasteiger partial charge in [0.1, 0.15) is 17.1 Å². The van der Waals surface area contributed by atoms with Crippen LogP contribution in [0.2, 0.25) is 0 Å². The zero-order valence-corrected chi connectivity index (χ0v) is 13.6. The molecule has 3 nitrogen and oxygen atoms in total. The first-order valence-electron chi connectivity index (χ1n) is 7.88. The maximum Gasteiger partial charge on any atom is 0.222 e. The maximum atomic E-state index is 5.96. The van der Waals surface area contributed by atoms with E-state index >= 15 is 0 Å². The van der Waals surface area contributed by atoms with Crippen molar-refractivity contribution in [2.45, 2.75) is 13.8 Å². The molecule has 0 bridgehead atoms. The van der Waals surface area contributed by atoms with Crippen molar-refractivity contribution in [1.29, 1.82) is 0 Å². The normalized spacial score (nSPS) is 10.9. The second-order valence-corrected chi connectivity index (χ2v) is 5.96. The highest BCUT2D eigenvalue weighted by molar-refractivity contribution is 5.82. The van der Waals surface area contributed by atoms with E-state index in [0.717, 1.165) is 39.2 Å². The lowest BCUT2D eigenvalue weighted by Gasteiger charge is -2.06. The number of pyridine rings is 1. The summed E-state index contributed by atoms with van der Waals surface area (Å²) in [5, 5.41) is 0.960. The largest absolute Gasteiger partial charge is 0.456 e. The maximum absolute atomic E-state index is 5.96.